The Kier molecular flexibility index (Phi) is 4.09. The number of Topliss-reactive ketones (excluding diaryl/α,β-unsaturated/α-hetero) is 1. The summed E-state index contributed by atoms with van der Waals surface area (Å²) in [5.41, 5.74) is 2.91. The van der Waals surface area contributed by atoms with Crippen molar-refractivity contribution in [3.63, 3.8) is 0 Å². The second-order valence-corrected chi connectivity index (χ2v) is 7.72. The van der Waals surface area contributed by atoms with Crippen LogP contribution in [0.2, 0.25) is 0 Å². The Balaban J connectivity index is 2.02. The lowest BCUT2D eigenvalue weighted by molar-refractivity contribution is 0.101. The van der Waals surface area contributed by atoms with E-state index in [1.54, 1.807) is 43.5 Å². The van der Waals surface area contributed by atoms with E-state index < -0.39 is 10.0 Å². The number of nitrogens with zero attached hydrogens (tertiary/aromatic N) is 1. The molecule has 0 aliphatic carbocycles. The molecule has 3 rings (SSSR count). The maximum atomic E-state index is 13.0. The summed E-state index contributed by atoms with van der Waals surface area (Å²) in [5, 5.41) is 0. The molecule has 6 heteroatoms. The minimum absolute atomic E-state index is 0.0233. The first-order chi connectivity index (χ1) is 11.3. The number of anilines is 1. The molecule has 0 atom stereocenters. The van der Waals surface area contributed by atoms with E-state index >= 15 is 0 Å². The summed E-state index contributed by atoms with van der Waals surface area (Å²) in [6, 6.07) is 10.0. The van der Waals surface area contributed by atoms with E-state index in [4.69, 9.17) is 4.74 Å². The van der Waals surface area contributed by atoms with Crippen LogP contribution < -0.4 is 9.04 Å². The fourth-order valence-electron chi connectivity index (χ4n) is 2.98. The van der Waals surface area contributed by atoms with Crippen LogP contribution in [0, 0.1) is 6.92 Å². The molecule has 2 aromatic rings. The Morgan fingerprint density at radius 3 is 2.54 bits per heavy atom. The molecule has 0 spiro atoms. The van der Waals surface area contributed by atoms with Crippen molar-refractivity contribution < 1.29 is 17.9 Å². The van der Waals surface area contributed by atoms with E-state index in [0.717, 1.165) is 11.1 Å². The minimum Gasteiger partial charge on any atom is -0.496 e. The zero-order chi connectivity index (χ0) is 17.5. The molecule has 24 heavy (non-hydrogen) atoms. The highest BCUT2D eigenvalue weighted by Gasteiger charge is 2.31. The van der Waals surface area contributed by atoms with E-state index in [9.17, 15) is 13.2 Å². The van der Waals surface area contributed by atoms with Crippen molar-refractivity contribution in [1.29, 1.82) is 0 Å². The summed E-state index contributed by atoms with van der Waals surface area (Å²) in [6.45, 7) is 3.70. The van der Waals surface area contributed by atoms with Gasteiger partial charge in [0.15, 0.2) is 5.78 Å². The molecule has 0 fully saturated rings. The maximum Gasteiger partial charge on any atom is 0.264 e. The first-order valence-corrected chi connectivity index (χ1v) is 9.10. The number of carbonyl (C=O) groups excluding carboxylic acids is 1. The molecule has 0 radical (unpaired) electrons. The van der Waals surface area contributed by atoms with Crippen LogP contribution in [-0.4, -0.2) is 27.9 Å². The van der Waals surface area contributed by atoms with Gasteiger partial charge in [0.25, 0.3) is 10.0 Å². The number of hydrogen-bond acceptors (Lipinski definition) is 4. The zero-order valence-corrected chi connectivity index (χ0v) is 14.7. The molecule has 1 heterocycles. The Labute approximate surface area is 141 Å². The van der Waals surface area contributed by atoms with Crippen LogP contribution in [-0.2, 0) is 16.4 Å². The van der Waals surface area contributed by atoms with Crippen LogP contribution in [0.4, 0.5) is 5.69 Å². The third-order valence-corrected chi connectivity index (χ3v) is 6.10. The second-order valence-electron chi connectivity index (χ2n) is 5.86. The number of ether oxygens (including phenoxy) is 1. The number of methoxy groups -OCH3 is 1. The smallest absolute Gasteiger partial charge is 0.264 e. The Hall–Kier alpha value is -2.34. The Bertz CT molecular complexity index is 919. The highest BCUT2D eigenvalue weighted by Crippen LogP contribution is 2.34. The number of hydrogen-bond donors (Lipinski definition) is 0. The topological polar surface area (TPSA) is 63.7 Å². The molecule has 0 saturated heterocycles. The third kappa shape index (κ3) is 2.67. The predicted molar refractivity (Wildman–Crippen MR) is 92.4 cm³/mol. The van der Waals surface area contributed by atoms with Crippen LogP contribution >= 0.6 is 0 Å². The first-order valence-electron chi connectivity index (χ1n) is 7.66. The summed E-state index contributed by atoms with van der Waals surface area (Å²) < 4.78 is 32.6. The van der Waals surface area contributed by atoms with Crippen LogP contribution in [0.1, 0.15) is 28.4 Å². The van der Waals surface area contributed by atoms with Gasteiger partial charge in [-0.25, -0.2) is 8.42 Å². The number of carbonyl (C=O) groups is 1. The van der Waals surface area contributed by atoms with Crippen molar-refractivity contribution >= 4 is 21.5 Å². The van der Waals surface area contributed by atoms with Gasteiger partial charge in [-0.05, 0) is 67.8 Å². The normalized spacial score (nSPS) is 13.7. The highest BCUT2D eigenvalue weighted by molar-refractivity contribution is 7.92. The van der Waals surface area contributed by atoms with Crippen molar-refractivity contribution in [2.45, 2.75) is 25.2 Å². The Morgan fingerprint density at radius 1 is 1.17 bits per heavy atom. The number of fused-ring (bicyclic) bond motifs is 1. The van der Waals surface area contributed by atoms with E-state index in [1.165, 1.54) is 11.2 Å². The largest absolute Gasteiger partial charge is 0.496 e. The molecule has 0 N–H and O–H groups in total. The van der Waals surface area contributed by atoms with Gasteiger partial charge in [0.2, 0.25) is 0 Å². The zero-order valence-electron chi connectivity index (χ0n) is 13.9. The lowest BCUT2D eigenvalue weighted by Crippen LogP contribution is -2.29. The molecule has 5 nitrogen and oxygen atoms in total. The number of ketones is 1. The lowest BCUT2D eigenvalue weighted by atomic mass is 10.1. The third-order valence-electron chi connectivity index (χ3n) is 4.29. The monoisotopic (exact) mass is 345 g/mol. The SMILES string of the molecule is COc1ccc(S(=O)(=O)N2CCc3cc(C(C)=O)ccc32)cc1C. The fraction of sp³-hybridized carbons (Fsp3) is 0.278. The van der Waals surface area contributed by atoms with Crippen molar-refractivity contribution in [2.75, 3.05) is 18.0 Å². The molecule has 0 amide bonds. The number of sulfonamides is 1. The average molecular weight is 345 g/mol. The van der Waals surface area contributed by atoms with Gasteiger partial charge in [-0.3, -0.25) is 9.10 Å². The lowest BCUT2D eigenvalue weighted by Gasteiger charge is -2.20. The average Bonchev–Trinajstić information content (AvgIpc) is 2.98. The van der Waals surface area contributed by atoms with Crippen LogP contribution in [0.25, 0.3) is 0 Å². The molecule has 126 valence electrons. The predicted octanol–water partition coefficient (Wildman–Crippen LogP) is 2.96. The van der Waals surface area contributed by atoms with Gasteiger partial charge < -0.3 is 4.74 Å². The molecule has 1 aliphatic rings. The summed E-state index contributed by atoms with van der Waals surface area (Å²) >= 11 is 0. The van der Waals surface area contributed by atoms with E-state index in [2.05, 4.69) is 0 Å². The molecule has 1 aliphatic heterocycles. The molecule has 0 saturated carbocycles. The number of rotatable bonds is 4. The van der Waals surface area contributed by atoms with Gasteiger partial charge >= 0.3 is 0 Å². The molecule has 0 aromatic heterocycles. The molecule has 2 aromatic carbocycles. The Morgan fingerprint density at radius 2 is 1.92 bits per heavy atom. The minimum atomic E-state index is -3.64. The molecule has 0 unspecified atom stereocenters. The van der Waals surface area contributed by atoms with Gasteiger partial charge in [-0.1, -0.05) is 0 Å². The highest BCUT2D eigenvalue weighted by atomic mass is 32.2. The van der Waals surface area contributed by atoms with Crippen LogP contribution in [0.3, 0.4) is 0 Å². The van der Waals surface area contributed by atoms with Crippen LogP contribution in [0.5, 0.6) is 5.75 Å². The van der Waals surface area contributed by atoms with Gasteiger partial charge in [-0.15, -0.1) is 0 Å². The van der Waals surface area contributed by atoms with Crippen molar-refractivity contribution in [1.82, 2.24) is 0 Å². The fourth-order valence-corrected chi connectivity index (χ4v) is 4.57. The summed E-state index contributed by atoms with van der Waals surface area (Å²) in [4.78, 5) is 11.7. The van der Waals surface area contributed by atoms with E-state index in [1.807, 2.05) is 6.92 Å². The maximum absolute atomic E-state index is 13.0. The van der Waals surface area contributed by atoms with Gasteiger partial charge in [0.1, 0.15) is 5.75 Å². The summed E-state index contributed by atoms with van der Waals surface area (Å²) in [6.07, 6.45) is 0.602. The summed E-state index contributed by atoms with van der Waals surface area (Å²) in [5.74, 6) is 0.631. The number of benzene rings is 2. The van der Waals surface area contributed by atoms with E-state index in [-0.39, 0.29) is 10.7 Å². The molecule has 0 bridgehead atoms. The second kappa shape index (κ2) is 5.94. The molecular formula is C18H19NO4S. The van der Waals surface area contributed by atoms with Gasteiger partial charge in [-0.2, -0.15) is 0 Å². The first kappa shape index (κ1) is 16.5. The van der Waals surface area contributed by atoms with E-state index in [0.29, 0.717) is 30.0 Å². The quantitative estimate of drug-likeness (QED) is 0.799. The van der Waals surface area contributed by atoms with Crippen molar-refractivity contribution in [3.8, 4) is 5.75 Å². The van der Waals surface area contributed by atoms with Gasteiger partial charge in [0, 0.05) is 12.1 Å². The van der Waals surface area contributed by atoms with Crippen LogP contribution in [0.15, 0.2) is 41.3 Å². The summed E-state index contributed by atoms with van der Waals surface area (Å²) in [7, 11) is -2.08. The number of aryl methyl sites for hydroxylation is 1. The van der Waals surface area contributed by atoms with Crippen molar-refractivity contribution in [2.24, 2.45) is 0 Å². The van der Waals surface area contributed by atoms with Gasteiger partial charge in [0.05, 0.1) is 17.7 Å². The standard InChI is InChI=1S/C18H19NO4S/c1-12-10-16(5-7-18(12)23-3)24(21,22)19-9-8-15-11-14(13(2)20)4-6-17(15)19/h4-7,10-11H,8-9H2,1-3H3. The molecular weight excluding hydrogens is 326 g/mol. The van der Waals surface area contributed by atoms with Crippen molar-refractivity contribution in [3.05, 3.63) is 53.1 Å².